The molecule has 0 unspecified atom stereocenters. The smallest absolute Gasteiger partial charge is 0.264 e. The zero-order valence-electron chi connectivity index (χ0n) is 21.8. The second-order valence-electron chi connectivity index (χ2n) is 8.66. The zero-order chi connectivity index (χ0) is 27.9. The van der Waals surface area contributed by atoms with E-state index in [-0.39, 0.29) is 33.8 Å². The number of amides is 2. The summed E-state index contributed by atoms with van der Waals surface area (Å²) in [4.78, 5) is 28.1. The van der Waals surface area contributed by atoms with E-state index in [0.717, 1.165) is 15.4 Å². The largest absolute Gasteiger partial charge is 0.495 e. The number of hydrogen-bond donors (Lipinski definition) is 1. The lowest BCUT2D eigenvalue weighted by Crippen LogP contribution is -2.51. The molecule has 0 aromatic heterocycles. The van der Waals surface area contributed by atoms with Gasteiger partial charge >= 0.3 is 0 Å². The first-order valence-corrected chi connectivity index (χ1v) is 13.9. The van der Waals surface area contributed by atoms with Gasteiger partial charge in [-0.05, 0) is 62.2 Å². The molecule has 0 saturated carbocycles. The number of carbonyl (C=O) groups is 2. The van der Waals surface area contributed by atoms with Crippen LogP contribution in [0.3, 0.4) is 0 Å². The molecule has 0 bridgehead atoms. The lowest BCUT2D eigenvalue weighted by Gasteiger charge is -2.32. The Bertz CT molecular complexity index is 1380. The summed E-state index contributed by atoms with van der Waals surface area (Å²) in [5.74, 6) is -0.676. The summed E-state index contributed by atoms with van der Waals surface area (Å²) in [5.41, 5.74) is 1.90. The van der Waals surface area contributed by atoms with Crippen molar-refractivity contribution in [3.63, 3.8) is 0 Å². The predicted octanol–water partition coefficient (Wildman–Crippen LogP) is 4.41. The number of ether oxygens (including phenoxy) is 1. The van der Waals surface area contributed by atoms with Gasteiger partial charge < -0.3 is 15.0 Å². The number of benzene rings is 3. The number of carbonyl (C=O) groups excluding carboxylic acids is 2. The number of aryl methyl sites for hydroxylation is 1. The Balaban J connectivity index is 2.10. The molecule has 1 atom stereocenters. The van der Waals surface area contributed by atoms with Gasteiger partial charge in [-0.25, -0.2) is 8.42 Å². The third-order valence-electron chi connectivity index (χ3n) is 6.14. The number of sulfonamides is 1. The number of nitrogens with one attached hydrogen (secondary N) is 1. The van der Waals surface area contributed by atoms with Crippen LogP contribution < -0.4 is 14.4 Å². The number of hydrogen-bond acceptors (Lipinski definition) is 5. The van der Waals surface area contributed by atoms with Crippen LogP contribution >= 0.6 is 11.6 Å². The van der Waals surface area contributed by atoms with E-state index in [4.69, 9.17) is 16.3 Å². The molecule has 8 nitrogen and oxygen atoms in total. The molecule has 0 fully saturated rings. The van der Waals surface area contributed by atoms with E-state index in [0.29, 0.717) is 6.54 Å². The summed E-state index contributed by atoms with van der Waals surface area (Å²) in [7, 11) is -2.82. The average Bonchev–Trinajstić information content (AvgIpc) is 2.91. The molecule has 2 amide bonds. The van der Waals surface area contributed by atoms with E-state index >= 15 is 0 Å². The fourth-order valence-electron chi connectivity index (χ4n) is 3.97. The standard InChI is InChI=1S/C28H32ClN3O5S/c1-5-30-28(34)21(3)31(18-22-12-10-9-11-20(22)2)27(33)19-32(25-17-23(29)15-16-26(25)37-4)38(35,36)24-13-7-6-8-14-24/h6-17,21H,5,18-19H2,1-4H3,(H,30,34)/t21-/m1/s1. The maximum absolute atomic E-state index is 13.9. The molecule has 0 aliphatic rings. The van der Waals surface area contributed by atoms with Gasteiger partial charge in [-0.3, -0.25) is 13.9 Å². The maximum Gasteiger partial charge on any atom is 0.264 e. The highest BCUT2D eigenvalue weighted by atomic mass is 35.5. The summed E-state index contributed by atoms with van der Waals surface area (Å²) in [6.45, 7) is 5.26. The molecule has 0 saturated heterocycles. The summed E-state index contributed by atoms with van der Waals surface area (Å²) >= 11 is 6.24. The summed E-state index contributed by atoms with van der Waals surface area (Å²) in [5, 5.41) is 3.02. The Morgan fingerprint density at radius 1 is 1.03 bits per heavy atom. The number of halogens is 1. The van der Waals surface area contributed by atoms with Crippen LogP contribution in [0, 0.1) is 6.92 Å². The molecule has 1 N–H and O–H groups in total. The molecule has 0 radical (unpaired) electrons. The van der Waals surface area contributed by atoms with Crippen molar-refractivity contribution >= 4 is 39.1 Å². The maximum atomic E-state index is 13.9. The molecule has 10 heteroatoms. The number of methoxy groups -OCH3 is 1. The van der Waals surface area contributed by atoms with Crippen LogP contribution in [-0.2, 0) is 26.2 Å². The molecular weight excluding hydrogens is 526 g/mol. The Labute approximate surface area is 229 Å². The Morgan fingerprint density at radius 2 is 1.68 bits per heavy atom. The Morgan fingerprint density at radius 3 is 2.32 bits per heavy atom. The first-order valence-electron chi connectivity index (χ1n) is 12.1. The lowest BCUT2D eigenvalue weighted by atomic mass is 10.1. The van der Waals surface area contributed by atoms with Crippen molar-refractivity contribution in [2.45, 2.75) is 38.3 Å². The number of anilines is 1. The Kier molecular flexibility index (Phi) is 9.77. The van der Waals surface area contributed by atoms with Crippen molar-refractivity contribution in [1.82, 2.24) is 10.2 Å². The molecule has 38 heavy (non-hydrogen) atoms. The highest BCUT2D eigenvalue weighted by Crippen LogP contribution is 2.35. The topological polar surface area (TPSA) is 96.0 Å². The molecule has 3 aromatic carbocycles. The van der Waals surface area contributed by atoms with Gasteiger partial charge in [-0.2, -0.15) is 0 Å². The zero-order valence-corrected chi connectivity index (χ0v) is 23.4. The summed E-state index contributed by atoms with van der Waals surface area (Å²) in [6, 6.07) is 19.0. The fourth-order valence-corrected chi connectivity index (χ4v) is 5.57. The first-order chi connectivity index (χ1) is 18.1. The van der Waals surface area contributed by atoms with Crippen LogP contribution in [-0.4, -0.2) is 51.4 Å². The molecule has 202 valence electrons. The van der Waals surface area contributed by atoms with Crippen molar-refractivity contribution in [3.05, 3.63) is 88.9 Å². The molecular formula is C28H32ClN3O5S. The highest BCUT2D eigenvalue weighted by molar-refractivity contribution is 7.92. The van der Waals surface area contributed by atoms with E-state index in [9.17, 15) is 18.0 Å². The monoisotopic (exact) mass is 557 g/mol. The van der Waals surface area contributed by atoms with Crippen LogP contribution in [0.1, 0.15) is 25.0 Å². The molecule has 0 aliphatic heterocycles. The molecule has 0 spiro atoms. The van der Waals surface area contributed by atoms with Gasteiger partial charge in [0, 0.05) is 18.1 Å². The minimum Gasteiger partial charge on any atom is -0.495 e. The molecule has 3 aromatic rings. The van der Waals surface area contributed by atoms with Gasteiger partial charge in [0.05, 0.1) is 17.7 Å². The molecule has 3 rings (SSSR count). The quantitative estimate of drug-likeness (QED) is 0.377. The van der Waals surface area contributed by atoms with E-state index in [1.165, 1.54) is 36.3 Å². The fraction of sp³-hybridized carbons (Fsp3) is 0.286. The minimum absolute atomic E-state index is 0.00273. The van der Waals surface area contributed by atoms with E-state index in [1.54, 1.807) is 38.1 Å². The number of likely N-dealkylation sites (N-methyl/N-ethyl adjacent to an activating group) is 1. The molecule has 0 aliphatic carbocycles. The van der Waals surface area contributed by atoms with Gasteiger partial charge in [0.1, 0.15) is 18.3 Å². The van der Waals surface area contributed by atoms with Gasteiger partial charge in [0.25, 0.3) is 10.0 Å². The predicted molar refractivity (Wildman–Crippen MR) is 149 cm³/mol. The van der Waals surface area contributed by atoms with Crippen molar-refractivity contribution in [2.24, 2.45) is 0 Å². The second kappa shape index (κ2) is 12.8. The van der Waals surface area contributed by atoms with E-state index < -0.39 is 28.5 Å². The molecule has 0 heterocycles. The summed E-state index contributed by atoms with van der Waals surface area (Å²) < 4.78 is 34.1. The third kappa shape index (κ3) is 6.65. The van der Waals surface area contributed by atoms with Crippen molar-refractivity contribution in [2.75, 3.05) is 24.5 Å². The average molecular weight is 558 g/mol. The van der Waals surface area contributed by atoms with Crippen LogP contribution in [0.25, 0.3) is 0 Å². The van der Waals surface area contributed by atoms with Crippen molar-refractivity contribution < 1.29 is 22.7 Å². The summed E-state index contributed by atoms with van der Waals surface area (Å²) in [6.07, 6.45) is 0. The Hall–Kier alpha value is -3.56. The first kappa shape index (κ1) is 29.0. The van der Waals surface area contributed by atoms with Gasteiger partial charge in [0.2, 0.25) is 11.8 Å². The highest BCUT2D eigenvalue weighted by Gasteiger charge is 2.34. The lowest BCUT2D eigenvalue weighted by molar-refractivity contribution is -0.139. The third-order valence-corrected chi connectivity index (χ3v) is 8.15. The van der Waals surface area contributed by atoms with Crippen molar-refractivity contribution in [1.29, 1.82) is 0 Å². The van der Waals surface area contributed by atoms with Gasteiger partial charge in [-0.15, -0.1) is 0 Å². The van der Waals surface area contributed by atoms with Crippen LogP contribution in [0.4, 0.5) is 5.69 Å². The van der Waals surface area contributed by atoms with Crippen LogP contribution in [0.2, 0.25) is 5.02 Å². The van der Waals surface area contributed by atoms with Crippen LogP contribution in [0.15, 0.2) is 77.7 Å². The SMILES string of the molecule is CCNC(=O)[C@@H](C)N(Cc1ccccc1C)C(=O)CN(c1cc(Cl)ccc1OC)S(=O)(=O)c1ccccc1. The van der Waals surface area contributed by atoms with E-state index in [2.05, 4.69) is 5.32 Å². The number of nitrogens with zero attached hydrogens (tertiary/aromatic N) is 2. The van der Waals surface area contributed by atoms with Crippen LogP contribution in [0.5, 0.6) is 5.75 Å². The van der Waals surface area contributed by atoms with Crippen molar-refractivity contribution in [3.8, 4) is 5.75 Å². The normalized spacial score (nSPS) is 11.9. The minimum atomic E-state index is -4.22. The number of rotatable bonds is 11. The van der Waals surface area contributed by atoms with Gasteiger partial charge in [-0.1, -0.05) is 54.1 Å². The second-order valence-corrected chi connectivity index (χ2v) is 11.0. The van der Waals surface area contributed by atoms with E-state index in [1.807, 2.05) is 31.2 Å². The van der Waals surface area contributed by atoms with Gasteiger partial charge in [0.15, 0.2) is 0 Å².